The molecule has 0 radical (unpaired) electrons. The molecule has 7 nitrogen and oxygen atoms in total. The Bertz CT molecular complexity index is 537. The van der Waals surface area contributed by atoms with Crippen molar-refractivity contribution in [2.75, 3.05) is 19.7 Å². The van der Waals surface area contributed by atoms with Crippen molar-refractivity contribution >= 4 is 11.9 Å². The Kier molecular flexibility index (Phi) is 7.10. The summed E-state index contributed by atoms with van der Waals surface area (Å²) in [4.78, 5) is 26.3. The Morgan fingerprint density at radius 1 is 1.26 bits per heavy atom. The summed E-state index contributed by atoms with van der Waals surface area (Å²) >= 11 is 0. The zero-order valence-corrected chi connectivity index (χ0v) is 12.4. The molecule has 10 heteroatoms. The molecule has 0 aromatic carbocycles. The number of alkyl halides is 3. The summed E-state index contributed by atoms with van der Waals surface area (Å²) in [6, 6.07) is 2.23. The third kappa shape index (κ3) is 8.49. The van der Waals surface area contributed by atoms with E-state index in [1.165, 1.54) is 18.3 Å². The molecule has 1 aromatic heterocycles. The molecule has 1 aromatic rings. The second-order valence-electron chi connectivity index (χ2n) is 4.40. The molecule has 0 atom stereocenters. The minimum atomic E-state index is -4.45. The van der Waals surface area contributed by atoms with Gasteiger partial charge >= 0.3 is 12.2 Å². The van der Waals surface area contributed by atoms with Crippen LogP contribution in [-0.2, 0) is 11.3 Å². The third-order valence-corrected chi connectivity index (χ3v) is 2.42. The molecule has 0 spiro atoms. The fraction of sp³-hybridized carbons (Fsp3) is 0.462. The lowest BCUT2D eigenvalue weighted by molar-refractivity contribution is -0.154. The smallest absolute Gasteiger partial charge is 0.422 e. The maximum atomic E-state index is 12.0. The predicted octanol–water partition coefficient (Wildman–Crippen LogP) is 0.958. The van der Waals surface area contributed by atoms with E-state index in [-0.39, 0.29) is 24.9 Å². The number of halogens is 3. The third-order valence-electron chi connectivity index (χ3n) is 2.42. The first kappa shape index (κ1) is 18.5. The zero-order chi connectivity index (χ0) is 17.3. The molecule has 0 bridgehead atoms. The van der Waals surface area contributed by atoms with Crippen LogP contribution in [0.3, 0.4) is 0 Å². The summed E-state index contributed by atoms with van der Waals surface area (Å²) in [6.07, 6.45) is -3.18. The Balaban J connectivity index is 2.39. The average molecular weight is 334 g/mol. The summed E-state index contributed by atoms with van der Waals surface area (Å²) in [7, 11) is 0. The van der Waals surface area contributed by atoms with Gasteiger partial charge in [-0.15, -0.1) is 0 Å². The van der Waals surface area contributed by atoms with Gasteiger partial charge in [-0.05, 0) is 18.6 Å². The van der Waals surface area contributed by atoms with Crippen molar-refractivity contribution in [2.45, 2.75) is 19.6 Å². The molecule has 0 aliphatic carbocycles. The Morgan fingerprint density at radius 3 is 2.65 bits per heavy atom. The molecule has 1 rings (SSSR count). The molecule has 0 unspecified atom stereocenters. The first-order chi connectivity index (χ1) is 10.8. The van der Waals surface area contributed by atoms with E-state index in [9.17, 15) is 22.8 Å². The summed E-state index contributed by atoms with van der Waals surface area (Å²) in [5.74, 6) is -0.515. The van der Waals surface area contributed by atoms with Gasteiger partial charge in [0.1, 0.15) is 0 Å². The van der Waals surface area contributed by atoms with Crippen LogP contribution in [0.15, 0.2) is 18.3 Å². The minimum absolute atomic E-state index is 0.0477. The number of nitrogens with one attached hydrogen (secondary N) is 3. The van der Waals surface area contributed by atoms with Gasteiger partial charge in [-0.3, -0.25) is 4.79 Å². The van der Waals surface area contributed by atoms with E-state index in [1.54, 1.807) is 6.92 Å². The van der Waals surface area contributed by atoms with Gasteiger partial charge in [0, 0.05) is 25.4 Å². The molecule has 128 valence electrons. The highest BCUT2D eigenvalue weighted by Gasteiger charge is 2.28. The Labute approximate surface area is 130 Å². The molecular weight excluding hydrogens is 317 g/mol. The first-order valence-electron chi connectivity index (χ1n) is 6.73. The number of hydrogen-bond acceptors (Lipinski definition) is 4. The van der Waals surface area contributed by atoms with E-state index < -0.39 is 18.8 Å². The fourth-order valence-corrected chi connectivity index (χ4v) is 1.46. The van der Waals surface area contributed by atoms with Crippen molar-refractivity contribution in [1.82, 2.24) is 20.9 Å². The molecule has 3 N–H and O–H groups in total. The Morgan fingerprint density at radius 2 is 2.00 bits per heavy atom. The van der Waals surface area contributed by atoms with Gasteiger partial charge in [0.25, 0.3) is 0 Å². The lowest BCUT2D eigenvalue weighted by atomic mass is 10.2. The highest BCUT2D eigenvalue weighted by Crippen LogP contribution is 2.17. The molecule has 0 saturated carbocycles. The number of ether oxygens (including phenoxy) is 1. The molecule has 0 aliphatic rings. The van der Waals surface area contributed by atoms with E-state index in [0.29, 0.717) is 12.1 Å². The monoisotopic (exact) mass is 334 g/mol. The summed E-state index contributed by atoms with van der Waals surface area (Å²) in [5, 5.41) is 7.31. The molecule has 0 fully saturated rings. The predicted molar refractivity (Wildman–Crippen MR) is 74.7 cm³/mol. The average Bonchev–Trinajstić information content (AvgIpc) is 2.49. The maximum absolute atomic E-state index is 12.0. The first-order valence-corrected chi connectivity index (χ1v) is 6.73. The van der Waals surface area contributed by atoms with Crippen molar-refractivity contribution in [3.8, 4) is 5.88 Å². The largest absolute Gasteiger partial charge is 0.468 e. The molecule has 0 saturated heterocycles. The van der Waals surface area contributed by atoms with Crippen molar-refractivity contribution in [3.05, 3.63) is 23.9 Å². The van der Waals surface area contributed by atoms with Crippen LogP contribution in [-0.4, -0.2) is 42.8 Å². The van der Waals surface area contributed by atoms with Gasteiger partial charge in [-0.25, -0.2) is 9.78 Å². The van der Waals surface area contributed by atoms with E-state index >= 15 is 0 Å². The zero-order valence-electron chi connectivity index (χ0n) is 12.4. The number of hydrogen-bond donors (Lipinski definition) is 3. The normalized spacial score (nSPS) is 10.8. The van der Waals surface area contributed by atoms with Crippen molar-refractivity contribution in [1.29, 1.82) is 0 Å². The number of nitrogens with zero attached hydrogens (tertiary/aromatic N) is 1. The molecule has 23 heavy (non-hydrogen) atoms. The number of carbonyl (C=O) groups is 2. The fourth-order valence-electron chi connectivity index (χ4n) is 1.46. The van der Waals surface area contributed by atoms with Crippen LogP contribution in [0.25, 0.3) is 0 Å². The van der Waals surface area contributed by atoms with Crippen molar-refractivity contribution in [3.63, 3.8) is 0 Å². The Hall–Kier alpha value is -2.52. The van der Waals surface area contributed by atoms with Gasteiger partial charge in [0.05, 0.1) is 6.54 Å². The number of rotatable bonds is 7. The molecule has 0 aliphatic heterocycles. The number of carbonyl (C=O) groups excluding carboxylic acids is 2. The number of amides is 3. The van der Waals surface area contributed by atoms with Crippen LogP contribution >= 0.6 is 0 Å². The number of likely N-dealkylation sites (N-methyl/N-ethyl adjacent to an activating group) is 1. The van der Waals surface area contributed by atoms with Crippen LogP contribution in [0.1, 0.15) is 12.5 Å². The summed E-state index contributed by atoms with van der Waals surface area (Å²) < 4.78 is 40.7. The summed E-state index contributed by atoms with van der Waals surface area (Å²) in [5.41, 5.74) is 0.505. The number of aromatic nitrogens is 1. The molecule has 1 heterocycles. The van der Waals surface area contributed by atoms with Crippen LogP contribution in [0.2, 0.25) is 0 Å². The van der Waals surface area contributed by atoms with Crippen LogP contribution in [0.4, 0.5) is 18.0 Å². The maximum Gasteiger partial charge on any atom is 0.422 e. The quantitative estimate of drug-likeness (QED) is 0.692. The van der Waals surface area contributed by atoms with E-state index in [2.05, 4.69) is 25.7 Å². The minimum Gasteiger partial charge on any atom is -0.468 e. The lowest BCUT2D eigenvalue weighted by Gasteiger charge is -2.10. The van der Waals surface area contributed by atoms with E-state index in [1.807, 2.05) is 0 Å². The van der Waals surface area contributed by atoms with Crippen LogP contribution in [0.5, 0.6) is 5.88 Å². The van der Waals surface area contributed by atoms with Crippen LogP contribution < -0.4 is 20.7 Å². The van der Waals surface area contributed by atoms with E-state index in [0.717, 1.165) is 0 Å². The second-order valence-corrected chi connectivity index (χ2v) is 4.40. The lowest BCUT2D eigenvalue weighted by Crippen LogP contribution is -2.41. The van der Waals surface area contributed by atoms with Gasteiger partial charge in [0.2, 0.25) is 11.8 Å². The number of urea groups is 1. The SMILES string of the molecule is CCNC(=O)CNC(=O)NCc1ccnc(OCC(F)(F)F)c1. The highest BCUT2D eigenvalue weighted by atomic mass is 19.4. The number of pyridine rings is 1. The molecular formula is C13H17F3N4O3. The summed E-state index contributed by atoms with van der Waals surface area (Å²) in [6.45, 7) is 0.645. The van der Waals surface area contributed by atoms with Gasteiger partial charge in [-0.2, -0.15) is 13.2 Å². The second kappa shape index (κ2) is 8.81. The van der Waals surface area contributed by atoms with Gasteiger partial charge in [0.15, 0.2) is 6.61 Å². The highest BCUT2D eigenvalue weighted by molar-refractivity contribution is 5.83. The van der Waals surface area contributed by atoms with Gasteiger partial charge < -0.3 is 20.7 Å². The van der Waals surface area contributed by atoms with Crippen LogP contribution in [0, 0.1) is 0 Å². The van der Waals surface area contributed by atoms with Crippen molar-refractivity contribution < 1.29 is 27.5 Å². The van der Waals surface area contributed by atoms with Crippen molar-refractivity contribution in [2.24, 2.45) is 0 Å². The van der Waals surface area contributed by atoms with Gasteiger partial charge in [-0.1, -0.05) is 0 Å². The molecule has 3 amide bonds. The topological polar surface area (TPSA) is 92.4 Å². The van der Waals surface area contributed by atoms with E-state index in [4.69, 9.17) is 0 Å². The standard InChI is InChI=1S/C13H17F3N4O3/c1-2-17-10(21)7-20-12(22)19-6-9-3-4-18-11(5-9)23-8-13(14,15)16/h3-5H,2,6-8H2,1H3,(H,17,21)(H2,19,20,22).